The number of hydrogen-bond acceptors (Lipinski definition) is 3. The van der Waals surface area contributed by atoms with Crippen molar-refractivity contribution in [1.82, 2.24) is 9.97 Å². The molecule has 4 heteroatoms. The van der Waals surface area contributed by atoms with E-state index in [-0.39, 0.29) is 0 Å². The highest BCUT2D eigenvalue weighted by Gasteiger charge is 2.08. The Morgan fingerprint density at radius 1 is 1.15 bits per heavy atom. The van der Waals surface area contributed by atoms with Crippen molar-refractivity contribution in [3.8, 4) is 5.88 Å². The van der Waals surface area contributed by atoms with Crippen molar-refractivity contribution in [1.29, 1.82) is 0 Å². The minimum Gasteiger partial charge on any atom is -0.473 e. The molecule has 20 heavy (non-hydrogen) atoms. The van der Waals surface area contributed by atoms with Crippen LogP contribution in [0.4, 0.5) is 0 Å². The molecule has 3 aromatic rings. The van der Waals surface area contributed by atoms with Gasteiger partial charge >= 0.3 is 0 Å². The second-order valence-electron chi connectivity index (χ2n) is 4.56. The Morgan fingerprint density at radius 2 is 1.95 bits per heavy atom. The maximum atomic E-state index is 6.07. The number of rotatable bonds is 3. The third-order valence-corrected chi connectivity index (χ3v) is 3.33. The molecule has 0 radical (unpaired) electrons. The minimum atomic E-state index is 0.395. The van der Waals surface area contributed by atoms with Crippen molar-refractivity contribution in [2.75, 3.05) is 0 Å². The van der Waals surface area contributed by atoms with E-state index < -0.39 is 0 Å². The van der Waals surface area contributed by atoms with Gasteiger partial charge in [-0.25, -0.2) is 9.97 Å². The number of aryl methyl sites for hydroxylation is 1. The third-order valence-electron chi connectivity index (χ3n) is 3.05. The Bertz CT molecular complexity index is 744. The van der Waals surface area contributed by atoms with Crippen LogP contribution in [-0.2, 0) is 6.61 Å². The molecule has 0 fully saturated rings. The molecule has 1 aromatic carbocycles. The van der Waals surface area contributed by atoms with E-state index in [1.165, 1.54) is 0 Å². The van der Waals surface area contributed by atoms with Crippen molar-refractivity contribution >= 4 is 22.5 Å². The van der Waals surface area contributed by atoms with E-state index >= 15 is 0 Å². The van der Waals surface area contributed by atoms with Crippen molar-refractivity contribution in [2.24, 2.45) is 0 Å². The van der Waals surface area contributed by atoms with E-state index in [0.29, 0.717) is 23.2 Å². The monoisotopic (exact) mass is 284 g/mol. The smallest absolute Gasteiger partial charge is 0.217 e. The van der Waals surface area contributed by atoms with Gasteiger partial charge in [0.25, 0.3) is 0 Å². The zero-order valence-electron chi connectivity index (χ0n) is 11.0. The number of hydrogen-bond donors (Lipinski definition) is 0. The van der Waals surface area contributed by atoms with Crippen LogP contribution in [0.15, 0.2) is 48.7 Å². The quantitative estimate of drug-likeness (QED) is 0.677. The molecular weight excluding hydrogens is 272 g/mol. The second kappa shape index (κ2) is 5.47. The highest BCUT2D eigenvalue weighted by molar-refractivity contribution is 6.33. The molecule has 0 aliphatic carbocycles. The predicted octanol–water partition coefficient (Wildman–Crippen LogP) is 4.17. The van der Waals surface area contributed by atoms with Gasteiger partial charge in [-0.15, -0.1) is 0 Å². The molecule has 0 N–H and O–H groups in total. The fourth-order valence-electron chi connectivity index (χ4n) is 2.03. The summed E-state index contributed by atoms with van der Waals surface area (Å²) in [4.78, 5) is 8.52. The number of fused-ring (bicyclic) bond motifs is 1. The highest BCUT2D eigenvalue weighted by Crippen LogP contribution is 2.25. The van der Waals surface area contributed by atoms with Crippen LogP contribution >= 0.6 is 11.6 Å². The Kier molecular flexibility index (Phi) is 3.52. The van der Waals surface area contributed by atoms with Gasteiger partial charge in [0.05, 0.1) is 0 Å². The summed E-state index contributed by atoms with van der Waals surface area (Å²) in [5, 5.41) is 1.36. The molecule has 0 spiro atoms. The van der Waals surface area contributed by atoms with E-state index in [9.17, 15) is 0 Å². The number of nitrogens with zero attached hydrogens (tertiary/aromatic N) is 2. The summed E-state index contributed by atoms with van der Waals surface area (Å²) in [6.45, 7) is 2.46. The van der Waals surface area contributed by atoms with Crippen molar-refractivity contribution < 1.29 is 4.74 Å². The first-order valence-electron chi connectivity index (χ1n) is 6.32. The van der Waals surface area contributed by atoms with Crippen LogP contribution in [0.25, 0.3) is 10.9 Å². The van der Waals surface area contributed by atoms with E-state index in [0.717, 1.165) is 16.5 Å². The molecule has 0 amide bonds. The van der Waals surface area contributed by atoms with E-state index in [1.54, 1.807) is 6.20 Å². The lowest BCUT2D eigenvalue weighted by Crippen LogP contribution is -1.99. The lowest BCUT2D eigenvalue weighted by molar-refractivity contribution is 0.293. The van der Waals surface area contributed by atoms with E-state index in [4.69, 9.17) is 16.3 Å². The molecule has 0 saturated heterocycles. The summed E-state index contributed by atoms with van der Waals surface area (Å²) in [6.07, 6.45) is 1.68. The van der Waals surface area contributed by atoms with Gasteiger partial charge in [0, 0.05) is 17.1 Å². The topological polar surface area (TPSA) is 35.0 Å². The SMILES string of the molecule is Cc1cc2ccnc(Cl)c2nc1OCc1ccccc1. The van der Waals surface area contributed by atoms with Gasteiger partial charge in [-0.05, 0) is 24.6 Å². The van der Waals surface area contributed by atoms with Gasteiger partial charge in [-0.1, -0.05) is 41.9 Å². The summed E-state index contributed by atoms with van der Waals surface area (Å²) in [6, 6.07) is 13.9. The van der Waals surface area contributed by atoms with Crippen LogP contribution in [0.3, 0.4) is 0 Å². The predicted molar refractivity (Wildman–Crippen MR) is 80.1 cm³/mol. The molecule has 3 rings (SSSR count). The van der Waals surface area contributed by atoms with Gasteiger partial charge in [-0.3, -0.25) is 0 Å². The van der Waals surface area contributed by atoms with Gasteiger partial charge in [0.2, 0.25) is 5.88 Å². The Morgan fingerprint density at radius 3 is 2.75 bits per heavy atom. The number of aromatic nitrogens is 2. The molecule has 0 bridgehead atoms. The molecule has 2 aromatic heterocycles. The number of halogens is 1. The molecular formula is C16H13ClN2O. The van der Waals surface area contributed by atoms with Gasteiger partial charge in [0.1, 0.15) is 12.1 Å². The van der Waals surface area contributed by atoms with Crippen molar-refractivity contribution in [3.63, 3.8) is 0 Å². The normalized spacial score (nSPS) is 10.7. The van der Waals surface area contributed by atoms with E-state index in [1.807, 2.05) is 49.4 Å². The van der Waals surface area contributed by atoms with Crippen LogP contribution in [-0.4, -0.2) is 9.97 Å². The first-order chi connectivity index (χ1) is 9.74. The fraction of sp³-hybridized carbons (Fsp3) is 0.125. The minimum absolute atomic E-state index is 0.395. The first kappa shape index (κ1) is 12.9. The van der Waals surface area contributed by atoms with Crippen molar-refractivity contribution in [3.05, 3.63) is 64.9 Å². The molecule has 0 aliphatic heterocycles. The zero-order valence-corrected chi connectivity index (χ0v) is 11.8. The Hall–Kier alpha value is -2.13. The summed E-state index contributed by atoms with van der Waals surface area (Å²) >= 11 is 6.07. The van der Waals surface area contributed by atoms with Gasteiger partial charge in [-0.2, -0.15) is 0 Å². The maximum absolute atomic E-state index is 6.07. The average molecular weight is 285 g/mol. The molecule has 0 atom stereocenters. The number of ether oxygens (including phenoxy) is 1. The molecule has 0 unspecified atom stereocenters. The Balaban J connectivity index is 1.91. The van der Waals surface area contributed by atoms with Crippen LogP contribution in [0.5, 0.6) is 5.88 Å². The third kappa shape index (κ3) is 2.58. The molecule has 2 heterocycles. The van der Waals surface area contributed by atoms with Gasteiger partial charge in [0.15, 0.2) is 5.15 Å². The molecule has 0 saturated carbocycles. The zero-order chi connectivity index (χ0) is 13.9. The van der Waals surface area contributed by atoms with E-state index in [2.05, 4.69) is 9.97 Å². The molecule has 0 aliphatic rings. The molecule has 3 nitrogen and oxygen atoms in total. The second-order valence-corrected chi connectivity index (χ2v) is 4.92. The summed E-state index contributed by atoms with van der Waals surface area (Å²) < 4.78 is 5.79. The highest BCUT2D eigenvalue weighted by atomic mass is 35.5. The van der Waals surface area contributed by atoms with Crippen LogP contribution in [0.2, 0.25) is 5.15 Å². The lowest BCUT2D eigenvalue weighted by atomic mass is 10.2. The number of pyridine rings is 2. The Labute approximate surface area is 122 Å². The van der Waals surface area contributed by atoms with Crippen LogP contribution < -0.4 is 4.74 Å². The number of benzene rings is 1. The van der Waals surface area contributed by atoms with Crippen molar-refractivity contribution in [2.45, 2.75) is 13.5 Å². The standard InChI is InChI=1S/C16H13ClN2O/c1-11-9-13-7-8-18-15(17)14(13)19-16(11)20-10-12-5-3-2-4-6-12/h2-9H,10H2,1H3. The first-order valence-corrected chi connectivity index (χ1v) is 6.70. The van der Waals surface area contributed by atoms with Gasteiger partial charge < -0.3 is 4.74 Å². The average Bonchev–Trinajstić information content (AvgIpc) is 2.47. The van der Waals surface area contributed by atoms with Crippen LogP contribution in [0, 0.1) is 6.92 Å². The lowest BCUT2D eigenvalue weighted by Gasteiger charge is -2.10. The maximum Gasteiger partial charge on any atom is 0.217 e. The van der Waals surface area contributed by atoms with Crippen LogP contribution in [0.1, 0.15) is 11.1 Å². The summed E-state index contributed by atoms with van der Waals surface area (Å²) in [5.41, 5.74) is 2.75. The largest absolute Gasteiger partial charge is 0.473 e. The molecule has 100 valence electrons. The summed E-state index contributed by atoms with van der Waals surface area (Å²) in [7, 11) is 0. The fourth-order valence-corrected chi connectivity index (χ4v) is 2.23. The summed E-state index contributed by atoms with van der Waals surface area (Å²) in [5.74, 6) is 0.594.